The van der Waals surface area contributed by atoms with E-state index in [1.807, 2.05) is 30.3 Å². The van der Waals surface area contributed by atoms with Gasteiger partial charge in [-0.2, -0.15) is 0 Å². The predicted octanol–water partition coefficient (Wildman–Crippen LogP) is 1.69. The van der Waals surface area contributed by atoms with E-state index in [2.05, 4.69) is 0 Å². The van der Waals surface area contributed by atoms with Crippen molar-refractivity contribution in [2.75, 3.05) is 6.54 Å². The molecule has 1 aliphatic heterocycles. The highest BCUT2D eigenvalue weighted by Crippen LogP contribution is 2.49. The Hall–Kier alpha value is -2.82. The molecule has 0 N–H and O–H groups in total. The van der Waals surface area contributed by atoms with E-state index in [0.29, 0.717) is 29.5 Å². The Balaban J connectivity index is 1.48. The van der Waals surface area contributed by atoms with Gasteiger partial charge in [0.25, 0.3) is 5.91 Å². The Kier molecular flexibility index (Phi) is 3.49. The van der Waals surface area contributed by atoms with Crippen LogP contribution in [0.25, 0.3) is 0 Å². The average molecular weight is 322 g/mol. The van der Waals surface area contributed by atoms with Crippen molar-refractivity contribution in [1.82, 2.24) is 4.90 Å². The largest absolute Gasteiger partial charge is 0.548 e. The topological polar surface area (TPSA) is 69.7 Å². The first-order valence-electron chi connectivity index (χ1n) is 7.98. The van der Waals surface area contributed by atoms with E-state index in [4.69, 9.17) is 4.74 Å². The van der Waals surface area contributed by atoms with E-state index >= 15 is 0 Å². The zero-order chi connectivity index (χ0) is 16.7. The van der Waals surface area contributed by atoms with Gasteiger partial charge in [0.15, 0.2) is 0 Å². The van der Waals surface area contributed by atoms with Crippen LogP contribution >= 0.6 is 0 Å². The van der Waals surface area contributed by atoms with E-state index in [0.717, 1.165) is 6.42 Å². The third-order valence-electron chi connectivity index (χ3n) is 4.73. The van der Waals surface area contributed by atoms with Crippen LogP contribution in [-0.2, 0) is 4.79 Å². The summed E-state index contributed by atoms with van der Waals surface area (Å²) in [4.78, 5) is 25.3. The van der Waals surface area contributed by atoms with Crippen LogP contribution in [0.3, 0.4) is 0 Å². The molecule has 1 saturated heterocycles. The molecule has 0 bridgehead atoms. The summed E-state index contributed by atoms with van der Waals surface area (Å²) in [7, 11) is 0. The highest BCUT2D eigenvalue weighted by Gasteiger charge is 2.54. The minimum absolute atomic E-state index is 0.0691. The van der Waals surface area contributed by atoms with Gasteiger partial charge in [0.05, 0.1) is 12.0 Å². The number of carbonyl (C=O) groups excluding carboxylic acids is 2. The van der Waals surface area contributed by atoms with Gasteiger partial charge in [-0.25, -0.2) is 0 Å². The van der Waals surface area contributed by atoms with Crippen LogP contribution in [0.5, 0.6) is 11.5 Å². The van der Waals surface area contributed by atoms with Crippen LogP contribution in [0.15, 0.2) is 54.6 Å². The standard InChI is InChI=1S/C19H17NO4/c21-18(20-11-13-10-16(13)17(20)19(22)23)12-6-8-15(9-7-12)24-14-4-2-1-3-5-14/h1-9,13,16-17H,10-11H2,(H,22,23)/p-1/t13-,16-,17+/m0/s1. The second-order valence-electron chi connectivity index (χ2n) is 6.32. The first-order valence-corrected chi connectivity index (χ1v) is 7.98. The van der Waals surface area contributed by atoms with E-state index in [1.54, 1.807) is 24.3 Å². The molecule has 2 fully saturated rings. The second-order valence-corrected chi connectivity index (χ2v) is 6.32. The smallest absolute Gasteiger partial charge is 0.254 e. The fourth-order valence-corrected chi connectivity index (χ4v) is 3.43. The molecule has 0 unspecified atom stereocenters. The van der Waals surface area contributed by atoms with Crippen molar-refractivity contribution in [3.63, 3.8) is 0 Å². The van der Waals surface area contributed by atoms with Crippen molar-refractivity contribution in [2.45, 2.75) is 12.5 Å². The summed E-state index contributed by atoms with van der Waals surface area (Å²) < 4.78 is 5.69. The molecule has 2 aromatic carbocycles. The van der Waals surface area contributed by atoms with Gasteiger partial charge in [-0.05, 0) is 54.7 Å². The zero-order valence-electron chi connectivity index (χ0n) is 12.9. The molecule has 3 atom stereocenters. The Morgan fingerprint density at radius 3 is 2.33 bits per heavy atom. The first-order chi connectivity index (χ1) is 11.6. The SMILES string of the molecule is O=C([O-])[C@H]1[C@H]2C[C@H]2CN1C(=O)c1ccc(Oc2ccccc2)cc1. The van der Waals surface area contributed by atoms with Crippen molar-refractivity contribution in [3.8, 4) is 11.5 Å². The van der Waals surface area contributed by atoms with E-state index in [-0.39, 0.29) is 11.8 Å². The Labute approximate surface area is 139 Å². The molecule has 24 heavy (non-hydrogen) atoms. The molecule has 1 aliphatic carbocycles. The third kappa shape index (κ3) is 2.62. The Morgan fingerprint density at radius 1 is 1.00 bits per heavy atom. The number of carbonyl (C=O) groups is 2. The highest BCUT2D eigenvalue weighted by molar-refractivity contribution is 5.97. The number of hydrogen-bond donors (Lipinski definition) is 0. The Bertz CT molecular complexity index is 772. The van der Waals surface area contributed by atoms with Crippen LogP contribution in [0.1, 0.15) is 16.8 Å². The van der Waals surface area contributed by atoms with Crippen LogP contribution in [-0.4, -0.2) is 29.4 Å². The lowest BCUT2D eigenvalue weighted by Gasteiger charge is -2.28. The maximum Gasteiger partial charge on any atom is 0.254 e. The van der Waals surface area contributed by atoms with Gasteiger partial charge in [0.2, 0.25) is 0 Å². The fraction of sp³-hybridized carbons (Fsp3) is 0.263. The lowest BCUT2D eigenvalue weighted by molar-refractivity contribution is -0.310. The summed E-state index contributed by atoms with van der Waals surface area (Å²) in [6.45, 7) is 0.504. The number of fused-ring (bicyclic) bond motifs is 1. The molecule has 1 heterocycles. The predicted molar refractivity (Wildman–Crippen MR) is 84.4 cm³/mol. The van der Waals surface area contributed by atoms with Crippen molar-refractivity contribution in [1.29, 1.82) is 0 Å². The normalized spacial score (nSPS) is 24.3. The number of carboxylic acid groups (broad SMARTS) is 1. The quantitative estimate of drug-likeness (QED) is 0.859. The minimum atomic E-state index is -1.16. The summed E-state index contributed by atoms with van der Waals surface area (Å²) >= 11 is 0. The minimum Gasteiger partial charge on any atom is -0.548 e. The maximum atomic E-state index is 12.6. The summed E-state index contributed by atoms with van der Waals surface area (Å²) in [5, 5.41) is 11.3. The molecule has 5 nitrogen and oxygen atoms in total. The van der Waals surface area contributed by atoms with Gasteiger partial charge in [-0.1, -0.05) is 18.2 Å². The maximum absolute atomic E-state index is 12.6. The van der Waals surface area contributed by atoms with Crippen LogP contribution < -0.4 is 9.84 Å². The van der Waals surface area contributed by atoms with Gasteiger partial charge >= 0.3 is 0 Å². The van der Waals surface area contributed by atoms with Gasteiger partial charge in [-0.3, -0.25) is 4.79 Å². The van der Waals surface area contributed by atoms with Crippen molar-refractivity contribution >= 4 is 11.9 Å². The molecule has 0 radical (unpaired) electrons. The van der Waals surface area contributed by atoms with Gasteiger partial charge in [0.1, 0.15) is 11.5 Å². The number of aliphatic carboxylic acids is 1. The molecule has 1 amide bonds. The molecular formula is C19H16NO4-. The molecule has 4 rings (SSSR count). The number of likely N-dealkylation sites (tertiary alicyclic amines) is 1. The summed E-state index contributed by atoms with van der Waals surface area (Å²) in [5.41, 5.74) is 0.461. The number of para-hydroxylation sites is 1. The number of carboxylic acids is 1. The van der Waals surface area contributed by atoms with E-state index in [1.165, 1.54) is 4.90 Å². The summed E-state index contributed by atoms with van der Waals surface area (Å²) in [6, 6.07) is 15.3. The number of benzene rings is 2. The molecule has 5 heteroatoms. The molecule has 2 aliphatic rings. The molecule has 122 valence electrons. The van der Waals surface area contributed by atoms with Gasteiger partial charge < -0.3 is 19.5 Å². The van der Waals surface area contributed by atoms with Crippen LogP contribution in [0, 0.1) is 11.8 Å². The number of hydrogen-bond acceptors (Lipinski definition) is 4. The van der Waals surface area contributed by atoms with Gasteiger partial charge in [0, 0.05) is 12.1 Å². The zero-order valence-corrected chi connectivity index (χ0v) is 12.9. The average Bonchev–Trinajstić information content (AvgIpc) is 3.25. The number of ether oxygens (including phenoxy) is 1. The molecule has 0 spiro atoms. The number of rotatable bonds is 4. The van der Waals surface area contributed by atoms with Crippen LogP contribution in [0.4, 0.5) is 0 Å². The van der Waals surface area contributed by atoms with Crippen LogP contribution in [0.2, 0.25) is 0 Å². The fourth-order valence-electron chi connectivity index (χ4n) is 3.43. The van der Waals surface area contributed by atoms with Crippen molar-refractivity contribution in [3.05, 3.63) is 60.2 Å². The monoisotopic (exact) mass is 322 g/mol. The molecule has 2 aromatic rings. The lowest BCUT2D eigenvalue weighted by Crippen LogP contribution is -2.49. The molecule has 0 aromatic heterocycles. The van der Waals surface area contributed by atoms with Crippen molar-refractivity contribution in [2.24, 2.45) is 11.8 Å². The Morgan fingerprint density at radius 2 is 1.67 bits per heavy atom. The number of nitrogens with zero attached hydrogens (tertiary/aromatic N) is 1. The van der Waals surface area contributed by atoms with Gasteiger partial charge in [-0.15, -0.1) is 0 Å². The highest BCUT2D eigenvalue weighted by atomic mass is 16.5. The van der Waals surface area contributed by atoms with E-state index in [9.17, 15) is 14.7 Å². The number of amides is 1. The summed E-state index contributed by atoms with van der Waals surface area (Å²) in [6.07, 6.45) is 0.881. The van der Waals surface area contributed by atoms with E-state index < -0.39 is 12.0 Å². The number of piperidine rings is 1. The molecule has 1 saturated carbocycles. The van der Waals surface area contributed by atoms with Crippen molar-refractivity contribution < 1.29 is 19.4 Å². The lowest BCUT2D eigenvalue weighted by atomic mass is 10.1. The second kappa shape index (κ2) is 5.67. The molecular weight excluding hydrogens is 306 g/mol. The summed E-state index contributed by atoms with van der Waals surface area (Å²) in [5.74, 6) is 0.309. The first kappa shape index (κ1) is 14.8. The third-order valence-corrected chi connectivity index (χ3v) is 4.73.